The molecule has 1 saturated carbocycles. The molecule has 82 valence electrons. The number of ether oxygens (including phenoxy) is 2. The number of hydrogen-bond acceptors (Lipinski definition) is 3. The second-order valence-electron chi connectivity index (χ2n) is 3.71. The molecular weight excluding hydrogens is 182 g/mol. The van der Waals surface area contributed by atoms with E-state index in [0.29, 0.717) is 18.9 Å². The number of rotatable bonds is 6. The summed E-state index contributed by atoms with van der Waals surface area (Å²) >= 11 is 0. The maximum absolute atomic E-state index is 11.4. The molecular formula is C10H19NO3. The van der Waals surface area contributed by atoms with Gasteiger partial charge in [-0.25, -0.2) is 0 Å². The van der Waals surface area contributed by atoms with E-state index in [0.717, 1.165) is 0 Å². The molecule has 0 aromatic carbocycles. The molecule has 1 fully saturated rings. The third kappa shape index (κ3) is 3.64. The number of methoxy groups -OCH3 is 2. The largest absolute Gasteiger partial charge is 0.354 e. The lowest BCUT2D eigenvalue weighted by Crippen LogP contribution is -2.35. The Bertz CT molecular complexity index is 176. The first-order valence-corrected chi connectivity index (χ1v) is 5.08. The minimum Gasteiger partial charge on any atom is -0.354 e. The molecule has 0 spiro atoms. The molecule has 0 aromatic heterocycles. The first-order chi connectivity index (χ1) is 6.76. The van der Waals surface area contributed by atoms with E-state index in [2.05, 4.69) is 5.32 Å². The van der Waals surface area contributed by atoms with Crippen molar-refractivity contribution in [3.05, 3.63) is 0 Å². The van der Waals surface area contributed by atoms with Gasteiger partial charge in [0.1, 0.15) is 0 Å². The second kappa shape index (κ2) is 5.98. The van der Waals surface area contributed by atoms with Gasteiger partial charge in [-0.15, -0.1) is 0 Å². The first-order valence-electron chi connectivity index (χ1n) is 5.08. The lowest BCUT2D eigenvalue weighted by atomic mass is 9.83. The maximum atomic E-state index is 11.4. The number of nitrogens with one attached hydrogen (secondary N) is 1. The second-order valence-corrected chi connectivity index (χ2v) is 3.71. The van der Waals surface area contributed by atoms with E-state index in [1.165, 1.54) is 19.3 Å². The predicted molar refractivity (Wildman–Crippen MR) is 52.8 cm³/mol. The SMILES string of the molecule is COC(CNC(=O)CC1CCC1)OC. The molecule has 0 radical (unpaired) electrons. The summed E-state index contributed by atoms with van der Waals surface area (Å²) in [4.78, 5) is 11.4. The Morgan fingerprint density at radius 3 is 2.50 bits per heavy atom. The van der Waals surface area contributed by atoms with E-state index in [-0.39, 0.29) is 12.2 Å². The molecule has 0 aromatic rings. The Hall–Kier alpha value is -0.610. The normalized spacial score (nSPS) is 16.8. The van der Waals surface area contributed by atoms with Crippen LogP contribution in [0, 0.1) is 5.92 Å². The molecule has 1 amide bonds. The maximum Gasteiger partial charge on any atom is 0.220 e. The molecule has 4 nitrogen and oxygen atoms in total. The fourth-order valence-electron chi connectivity index (χ4n) is 1.49. The molecule has 1 aliphatic carbocycles. The van der Waals surface area contributed by atoms with E-state index < -0.39 is 0 Å². The number of carbonyl (C=O) groups is 1. The molecule has 0 heterocycles. The van der Waals surface area contributed by atoms with Crippen molar-refractivity contribution in [2.75, 3.05) is 20.8 Å². The van der Waals surface area contributed by atoms with Crippen molar-refractivity contribution in [3.8, 4) is 0 Å². The highest BCUT2D eigenvalue weighted by Crippen LogP contribution is 2.28. The third-order valence-electron chi connectivity index (χ3n) is 2.69. The Morgan fingerprint density at radius 1 is 1.43 bits per heavy atom. The molecule has 0 bridgehead atoms. The van der Waals surface area contributed by atoms with E-state index in [9.17, 15) is 4.79 Å². The highest BCUT2D eigenvalue weighted by Gasteiger charge is 2.20. The summed E-state index contributed by atoms with van der Waals surface area (Å²) in [5.74, 6) is 0.715. The van der Waals surface area contributed by atoms with E-state index in [4.69, 9.17) is 9.47 Å². The van der Waals surface area contributed by atoms with Gasteiger partial charge < -0.3 is 14.8 Å². The van der Waals surface area contributed by atoms with Gasteiger partial charge in [0.25, 0.3) is 0 Å². The minimum absolute atomic E-state index is 0.105. The Labute approximate surface area is 85.0 Å². The van der Waals surface area contributed by atoms with Gasteiger partial charge in [-0.3, -0.25) is 4.79 Å². The van der Waals surface area contributed by atoms with Gasteiger partial charge in [0, 0.05) is 20.6 Å². The zero-order valence-electron chi connectivity index (χ0n) is 8.91. The van der Waals surface area contributed by atoms with Gasteiger partial charge in [0.05, 0.1) is 6.54 Å². The van der Waals surface area contributed by atoms with E-state index in [1.807, 2.05) is 0 Å². The van der Waals surface area contributed by atoms with Gasteiger partial charge in [-0.2, -0.15) is 0 Å². The summed E-state index contributed by atoms with van der Waals surface area (Å²) in [5.41, 5.74) is 0. The van der Waals surface area contributed by atoms with Crippen LogP contribution in [0.1, 0.15) is 25.7 Å². The highest BCUT2D eigenvalue weighted by atomic mass is 16.7. The summed E-state index contributed by atoms with van der Waals surface area (Å²) in [7, 11) is 3.12. The highest BCUT2D eigenvalue weighted by molar-refractivity contribution is 5.76. The van der Waals surface area contributed by atoms with Crippen LogP contribution in [-0.4, -0.2) is 33.0 Å². The topological polar surface area (TPSA) is 47.6 Å². The average Bonchev–Trinajstić information content (AvgIpc) is 2.13. The van der Waals surface area contributed by atoms with Gasteiger partial charge >= 0.3 is 0 Å². The smallest absolute Gasteiger partial charge is 0.220 e. The van der Waals surface area contributed by atoms with Crippen LogP contribution in [0.3, 0.4) is 0 Å². The van der Waals surface area contributed by atoms with Crippen molar-refractivity contribution in [2.45, 2.75) is 32.0 Å². The van der Waals surface area contributed by atoms with E-state index in [1.54, 1.807) is 14.2 Å². The summed E-state index contributed by atoms with van der Waals surface area (Å²) < 4.78 is 9.92. The fraction of sp³-hybridized carbons (Fsp3) is 0.900. The van der Waals surface area contributed by atoms with Crippen LogP contribution in [0.2, 0.25) is 0 Å². The zero-order chi connectivity index (χ0) is 10.4. The van der Waals surface area contributed by atoms with Crippen molar-refractivity contribution in [3.63, 3.8) is 0 Å². The van der Waals surface area contributed by atoms with Gasteiger partial charge in [0.15, 0.2) is 6.29 Å². The van der Waals surface area contributed by atoms with Gasteiger partial charge in [-0.1, -0.05) is 6.42 Å². The molecule has 0 unspecified atom stereocenters. The molecule has 1 N–H and O–H groups in total. The Kier molecular flexibility index (Phi) is 4.90. The molecule has 0 aliphatic heterocycles. The van der Waals surface area contributed by atoms with Gasteiger partial charge in [-0.05, 0) is 18.8 Å². The quantitative estimate of drug-likeness (QED) is 0.650. The van der Waals surface area contributed by atoms with Crippen LogP contribution >= 0.6 is 0 Å². The van der Waals surface area contributed by atoms with Crippen molar-refractivity contribution in [2.24, 2.45) is 5.92 Å². The predicted octanol–water partition coefficient (Wildman–Crippen LogP) is 0.912. The summed E-state index contributed by atoms with van der Waals surface area (Å²) in [5, 5.41) is 2.79. The van der Waals surface area contributed by atoms with Crippen LogP contribution in [0.5, 0.6) is 0 Å². The van der Waals surface area contributed by atoms with Crippen molar-refractivity contribution >= 4 is 5.91 Å². The Morgan fingerprint density at radius 2 is 2.07 bits per heavy atom. The standard InChI is InChI=1S/C10H19NO3/c1-13-10(14-2)7-11-9(12)6-8-4-3-5-8/h8,10H,3-7H2,1-2H3,(H,11,12). The van der Waals surface area contributed by atoms with Crippen molar-refractivity contribution < 1.29 is 14.3 Å². The van der Waals surface area contributed by atoms with Crippen LogP contribution in [0.25, 0.3) is 0 Å². The first kappa shape index (κ1) is 11.5. The van der Waals surface area contributed by atoms with Crippen LogP contribution < -0.4 is 5.32 Å². The lowest BCUT2D eigenvalue weighted by Gasteiger charge is -2.24. The van der Waals surface area contributed by atoms with Crippen molar-refractivity contribution in [1.29, 1.82) is 0 Å². The average molecular weight is 201 g/mol. The number of hydrogen-bond donors (Lipinski definition) is 1. The van der Waals surface area contributed by atoms with E-state index >= 15 is 0 Å². The monoisotopic (exact) mass is 201 g/mol. The van der Waals surface area contributed by atoms with Crippen LogP contribution in [-0.2, 0) is 14.3 Å². The van der Waals surface area contributed by atoms with Crippen LogP contribution in [0.4, 0.5) is 0 Å². The van der Waals surface area contributed by atoms with Gasteiger partial charge in [0.2, 0.25) is 5.91 Å². The summed E-state index contributed by atoms with van der Waals surface area (Å²) in [6.45, 7) is 0.429. The molecule has 1 aliphatic rings. The fourth-order valence-corrected chi connectivity index (χ4v) is 1.49. The zero-order valence-corrected chi connectivity index (χ0v) is 8.91. The molecule has 4 heteroatoms. The minimum atomic E-state index is -0.333. The molecule has 14 heavy (non-hydrogen) atoms. The molecule has 0 saturated heterocycles. The lowest BCUT2D eigenvalue weighted by molar-refractivity contribution is -0.128. The van der Waals surface area contributed by atoms with Crippen LogP contribution in [0.15, 0.2) is 0 Å². The number of carbonyl (C=O) groups excluding carboxylic acids is 1. The third-order valence-corrected chi connectivity index (χ3v) is 2.69. The summed E-state index contributed by atoms with van der Waals surface area (Å²) in [6.07, 6.45) is 3.99. The summed E-state index contributed by atoms with van der Waals surface area (Å²) in [6, 6.07) is 0. The van der Waals surface area contributed by atoms with Crippen molar-refractivity contribution in [1.82, 2.24) is 5.32 Å². The molecule has 0 atom stereocenters. The molecule has 1 rings (SSSR count). The number of amides is 1. The Balaban J connectivity index is 2.07.